The molecule has 1 rings (SSSR count). The summed E-state index contributed by atoms with van der Waals surface area (Å²) in [5, 5.41) is 3.44. The molecule has 0 spiro atoms. The second-order valence-corrected chi connectivity index (χ2v) is 4.61. The molecular weight excluding hydrogens is 176 g/mol. The van der Waals surface area contributed by atoms with Crippen LogP contribution in [0.2, 0.25) is 0 Å². The molecule has 1 aliphatic heterocycles. The van der Waals surface area contributed by atoms with E-state index in [1.54, 1.807) is 0 Å². The maximum atomic E-state index is 12.1. The summed E-state index contributed by atoms with van der Waals surface area (Å²) in [6.45, 7) is 11.2. The third-order valence-electron chi connectivity index (χ3n) is 3.21. The molecule has 0 radical (unpaired) electrons. The quantitative estimate of drug-likeness (QED) is 0.747. The third-order valence-corrected chi connectivity index (χ3v) is 3.21. The van der Waals surface area contributed by atoms with Gasteiger partial charge in [-0.2, -0.15) is 0 Å². The van der Waals surface area contributed by atoms with Gasteiger partial charge in [-0.05, 0) is 26.2 Å². The van der Waals surface area contributed by atoms with Crippen LogP contribution in [0.25, 0.3) is 0 Å². The maximum absolute atomic E-state index is 12.1. The maximum Gasteiger partial charge on any atom is 0.243 e. The minimum Gasteiger partial charge on any atom is -0.326 e. The van der Waals surface area contributed by atoms with E-state index >= 15 is 0 Å². The number of carbonyl (C=O) groups is 1. The van der Waals surface area contributed by atoms with Crippen LogP contribution in [0.1, 0.15) is 41.0 Å². The van der Waals surface area contributed by atoms with E-state index in [1.807, 2.05) is 18.7 Å². The van der Waals surface area contributed by atoms with Gasteiger partial charge in [0.25, 0.3) is 0 Å². The lowest BCUT2D eigenvalue weighted by Crippen LogP contribution is -2.45. The molecule has 82 valence electrons. The summed E-state index contributed by atoms with van der Waals surface area (Å²) in [5.74, 6) is 0.716. The third kappa shape index (κ3) is 1.65. The van der Waals surface area contributed by atoms with Gasteiger partial charge in [0.05, 0.1) is 11.7 Å². The van der Waals surface area contributed by atoms with Crippen LogP contribution in [0.15, 0.2) is 0 Å². The smallest absolute Gasteiger partial charge is 0.243 e. The second kappa shape index (κ2) is 3.89. The van der Waals surface area contributed by atoms with Gasteiger partial charge in [-0.1, -0.05) is 20.8 Å². The SMILES string of the molecule is CCN1C(=O)C(C)(CC)NC1C(C)C. The molecule has 3 heteroatoms. The molecule has 1 fully saturated rings. The van der Waals surface area contributed by atoms with Crippen molar-refractivity contribution in [2.24, 2.45) is 5.92 Å². The molecule has 0 aliphatic carbocycles. The van der Waals surface area contributed by atoms with Gasteiger partial charge < -0.3 is 4.90 Å². The van der Waals surface area contributed by atoms with Crippen molar-refractivity contribution in [3.05, 3.63) is 0 Å². The highest BCUT2D eigenvalue weighted by Gasteiger charge is 2.46. The molecule has 3 nitrogen and oxygen atoms in total. The van der Waals surface area contributed by atoms with Crippen molar-refractivity contribution in [2.45, 2.75) is 52.7 Å². The Hall–Kier alpha value is -0.570. The predicted octanol–water partition coefficient (Wildman–Crippen LogP) is 1.59. The molecule has 1 N–H and O–H groups in total. The molecular formula is C11H22N2O. The van der Waals surface area contributed by atoms with E-state index < -0.39 is 0 Å². The molecule has 0 aromatic carbocycles. The van der Waals surface area contributed by atoms with Crippen molar-refractivity contribution in [3.63, 3.8) is 0 Å². The number of hydrogen-bond donors (Lipinski definition) is 1. The van der Waals surface area contributed by atoms with E-state index in [4.69, 9.17) is 0 Å². The fourth-order valence-electron chi connectivity index (χ4n) is 2.03. The van der Waals surface area contributed by atoms with Gasteiger partial charge in [0, 0.05) is 6.54 Å². The molecule has 1 saturated heterocycles. The highest BCUT2D eigenvalue weighted by Crippen LogP contribution is 2.26. The van der Waals surface area contributed by atoms with E-state index in [9.17, 15) is 4.79 Å². The summed E-state index contributed by atoms with van der Waals surface area (Å²) < 4.78 is 0. The zero-order chi connectivity index (χ0) is 10.9. The lowest BCUT2D eigenvalue weighted by Gasteiger charge is -2.25. The van der Waals surface area contributed by atoms with E-state index in [0.29, 0.717) is 5.92 Å². The van der Waals surface area contributed by atoms with Gasteiger partial charge in [-0.15, -0.1) is 0 Å². The number of rotatable bonds is 3. The summed E-state index contributed by atoms with van der Waals surface area (Å²) >= 11 is 0. The van der Waals surface area contributed by atoms with Crippen LogP contribution >= 0.6 is 0 Å². The average molecular weight is 198 g/mol. The Balaban J connectivity index is 2.89. The largest absolute Gasteiger partial charge is 0.326 e. The summed E-state index contributed by atoms with van der Waals surface area (Å²) in [6.07, 6.45) is 1.06. The molecule has 14 heavy (non-hydrogen) atoms. The average Bonchev–Trinajstić information content (AvgIpc) is 2.41. The Morgan fingerprint density at radius 1 is 1.50 bits per heavy atom. The van der Waals surface area contributed by atoms with Crippen LogP contribution in [0.3, 0.4) is 0 Å². The first kappa shape index (κ1) is 11.5. The molecule has 0 saturated carbocycles. The Kier molecular flexibility index (Phi) is 3.20. The Morgan fingerprint density at radius 2 is 2.07 bits per heavy atom. The zero-order valence-electron chi connectivity index (χ0n) is 9.92. The van der Waals surface area contributed by atoms with E-state index in [-0.39, 0.29) is 17.6 Å². The second-order valence-electron chi connectivity index (χ2n) is 4.61. The predicted molar refractivity (Wildman–Crippen MR) is 57.8 cm³/mol. The Labute approximate surface area is 86.9 Å². The molecule has 0 aromatic rings. The number of hydrogen-bond acceptors (Lipinski definition) is 2. The molecule has 2 atom stereocenters. The van der Waals surface area contributed by atoms with Crippen molar-refractivity contribution in [3.8, 4) is 0 Å². The summed E-state index contributed by atoms with van der Waals surface area (Å²) in [4.78, 5) is 14.0. The van der Waals surface area contributed by atoms with Crippen molar-refractivity contribution in [1.82, 2.24) is 10.2 Å². The molecule has 1 heterocycles. The summed E-state index contributed by atoms with van der Waals surface area (Å²) in [6, 6.07) is 0. The molecule has 1 aliphatic rings. The first-order valence-electron chi connectivity index (χ1n) is 5.55. The van der Waals surface area contributed by atoms with E-state index in [0.717, 1.165) is 13.0 Å². The van der Waals surface area contributed by atoms with E-state index in [1.165, 1.54) is 0 Å². The van der Waals surface area contributed by atoms with Gasteiger partial charge in [0.1, 0.15) is 0 Å². The highest BCUT2D eigenvalue weighted by atomic mass is 16.2. The number of nitrogens with one attached hydrogen (secondary N) is 1. The minimum atomic E-state index is -0.342. The Morgan fingerprint density at radius 3 is 2.36 bits per heavy atom. The van der Waals surface area contributed by atoms with Crippen LogP contribution in [0, 0.1) is 5.92 Å². The lowest BCUT2D eigenvalue weighted by molar-refractivity contribution is -0.133. The van der Waals surface area contributed by atoms with Crippen LogP contribution in [0.5, 0.6) is 0 Å². The van der Waals surface area contributed by atoms with Crippen LogP contribution in [-0.4, -0.2) is 29.1 Å². The van der Waals surface area contributed by atoms with Gasteiger partial charge in [0.15, 0.2) is 0 Å². The van der Waals surface area contributed by atoms with Gasteiger partial charge in [-0.25, -0.2) is 0 Å². The number of amides is 1. The molecule has 2 unspecified atom stereocenters. The monoisotopic (exact) mass is 198 g/mol. The summed E-state index contributed by atoms with van der Waals surface area (Å²) in [5.41, 5.74) is -0.342. The van der Waals surface area contributed by atoms with Crippen molar-refractivity contribution >= 4 is 5.91 Å². The summed E-state index contributed by atoms with van der Waals surface area (Å²) in [7, 11) is 0. The number of likely N-dealkylation sites (N-methyl/N-ethyl adjacent to an activating group) is 1. The lowest BCUT2D eigenvalue weighted by atomic mass is 9.99. The van der Waals surface area contributed by atoms with Gasteiger partial charge in [0.2, 0.25) is 5.91 Å². The molecule has 1 amide bonds. The number of nitrogens with zero attached hydrogens (tertiary/aromatic N) is 1. The standard InChI is InChI=1S/C11H22N2O/c1-6-11(5)10(14)13(7-2)9(12-11)8(3)4/h8-9,12H,6-7H2,1-5H3. The zero-order valence-corrected chi connectivity index (χ0v) is 9.92. The van der Waals surface area contributed by atoms with Crippen molar-refractivity contribution in [1.29, 1.82) is 0 Å². The van der Waals surface area contributed by atoms with Gasteiger partial charge in [-0.3, -0.25) is 10.1 Å². The van der Waals surface area contributed by atoms with Crippen LogP contribution in [0.4, 0.5) is 0 Å². The van der Waals surface area contributed by atoms with Gasteiger partial charge >= 0.3 is 0 Å². The Bertz CT molecular complexity index is 227. The number of carbonyl (C=O) groups excluding carboxylic acids is 1. The molecule has 0 bridgehead atoms. The fourth-order valence-corrected chi connectivity index (χ4v) is 2.03. The normalized spacial score (nSPS) is 33.1. The first-order chi connectivity index (χ1) is 6.46. The van der Waals surface area contributed by atoms with E-state index in [2.05, 4.69) is 26.1 Å². The minimum absolute atomic E-state index is 0.206. The van der Waals surface area contributed by atoms with Crippen molar-refractivity contribution in [2.75, 3.05) is 6.54 Å². The first-order valence-corrected chi connectivity index (χ1v) is 5.55. The highest BCUT2D eigenvalue weighted by molar-refractivity contribution is 5.88. The van der Waals surface area contributed by atoms with Crippen LogP contribution in [-0.2, 0) is 4.79 Å². The molecule has 0 aromatic heterocycles. The van der Waals surface area contributed by atoms with Crippen molar-refractivity contribution < 1.29 is 4.79 Å². The van der Waals surface area contributed by atoms with Crippen LogP contribution < -0.4 is 5.32 Å². The topological polar surface area (TPSA) is 32.3 Å². The fraction of sp³-hybridized carbons (Fsp3) is 0.909.